The van der Waals surface area contributed by atoms with Gasteiger partial charge in [-0.2, -0.15) is 0 Å². The van der Waals surface area contributed by atoms with E-state index in [-0.39, 0.29) is 5.91 Å². The second kappa shape index (κ2) is 15.0. The third-order valence-corrected chi connectivity index (χ3v) is 3.67. The monoisotopic (exact) mass is 378 g/mol. The van der Waals surface area contributed by atoms with Crippen molar-refractivity contribution in [1.29, 1.82) is 0 Å². The topological polar surface area (TPSA) is 84.0 Å². The molecule has 0 saturated heterocycles. The van der Waals surface area contributed by atoms with Crippen LogP contribution in [0.25, 0.3) is 0 Å². The number of hydrogen-bond donors (Lipinski definition) is 3. The number of rotatable bonds is 13. The van der Waals surface area contributed by atoms with Crippen molar-refractivity contribution in [3.05, 3.63) is 29.8 Å². The van der Waals surface area contributed by atoms with Gasteiger partial charge in [0.25, 0.3) is 0 Å². The van der Waals surface area contributed by atoms with Crippen LogP contribution in [0, 0.1) is 0 Å². The quantitative estimate of drug-likeness (QED) is 0.279. The van der Waals surface area contributed by atoms with Crippen molar-refractivity contribution in [1.82, 2.24) is 10.6 Å². The van der Waals surface area contributed by atoms with Gasteiger partial charge in [-0.05, 0) is 37.5 Å². The second-order valence-electron chi connectivity index (χ2n) is 6.08. The van der Waals surface area contributed by atoms with Crippen molar-refractivity contribution < 1.29 is 14.3 Å². The highest BCUT2D eigenvalue weighted by Gasteiger charge is 2.01. The minimum atomic E-state index is 0.0492. The van der Waals surface area contributed by atoms with Gasteiger partial charge in [0.15, 0.2) is 5.96 Å². The zero-order valence-corrected chi connectivity index (χ0v) is 16.8. The van der Waals surface area contributed by atoms with Crippen LogP contribution in [0.15, 0.2) is 29.3 Å². The number of carbonyl (C=O) groups excluding carboxylic acids is 1. The maximum Gasteiger partial charge on any atom is 0.224 e. The van der Waals surface area contributed by atoms with Crippen LogP contribution in [0.2, 0.25) is 0 Å². The van der Waals surface area contributed by atoms with Crippen LogP contribution in [0.1, 0.15) is 38.7 Å². The molecule has 1 aromatic rings. The van der Waals surface area contributed by atoms with Crippen LogP contribution in [0.5, 0.6) is 0 Å². The molecule has 0 fully saturated rings. The Kier molecular flexibility index (Phi) is 12.7. The molecule has 0 radical (unpaired) electrons. The lowest BCUT2D eigenvalue weighted by Crippen LogP contribution is -2.38. The van der Waals surface area contributed by atoms with E-state index < -0.39 is 0 Å². The van der Waals surface area contributed by atoms with Crippen molar-refractivity contribution >= 4 is 17.6 Å². The van der Waals surface area contributed by atoms with E-state index in [1.165, 1.54) is 0 Å². The Morgan fingerprint density at radius 2 is 1.85 bits per heavy atom. The normalized spacial score (nSPS) is 11.3. The lowest BCUT2D eigenvalue weighted by Gasteiger charge is -2.11. The lowest BCUT2D eigenvalue weighted by atomic mass is 10.2. The summed E-state index contributed by atoms with van der Waals surface area (Å²) in [5, 5.41) is 9.43. The molecule has 1 rings (SSSR count). The van der Waals surface area contributed by atoms with E-state index in [9.17, 15) is 4.79 Å². The Labute approximate surface area is 162 Å². The van der Waals surface area contributed by atoms with Gasteiger partial charge < -0.3 is 25.4 Å². The summed E-state index contributed by atoms with van der Waals surface area (Å²) >= 11 is 0. The molecule has 0 bridgehead atoms. The molecule has 0 aliphatic carbocycles. The summed E-state index contributed by atoms with van der Waals surface area (Å²) in [4.78, 5) is 16.2. The van der Waals surface area contributed by atoms with Crippen LogP contribution in [-0.2, 0) is 20.8 Å². The largest absolute Gasteiger partial charge is 0.382 e. The molecule has 0 aromatic heterocycles. The highest BCUT2D eigenvalue weighted by molar-refractivity contribution is 5.90. The molecule has 3 N–H and O–H groups in total. The first kappa shape index (κ1) is 22.9. The van der Waals surface area contributed by atoms with Crippen molar-refractivity contribution in [3.8, 4) is 0 Å². The number of amides is 1. The third-order valence-electron chi connectivity index (χ3n) is 3.67. The fraction of sp³-hybridized carbons (Fsp3) is 0.600. The molecule has 0 aliphatic heterocycles. The van der Waals surface area contributed by atoms with Crippen molar-refractivity contribution in [3.63, 3.8) is 0 Å². The molecule has 27 heavy (non-hydrogen) atoms. The number of anilines is 1. The molecule has 0 unspecified atom stereocenters. The van der Waals surface area contributed by atoms with Gasteiger partial charge in [0.2, 0.25) is 5.91 Å². The van der Waals surface area contributed by atoms with E-state index in [4.69, 9.17) is 9.47 Å². The zero-order chi connectivity index (χ0) is 19.7. The van der Waals surface area contributed by atoms with E-state index in [1.54, 1.807) is 7.11 Å². The van der Waals surface area contributed by atoms with E-state index in [1.807, 2.05) is 38.1 Å². The fourth-order valence-corrected chi connectivity index (χ4v) is 2.28. The first-order valence-corrected chi connectivity index (χ1v) is 9.67. The van der Waals surface area contributed by atoms with Crippen molar-refractivity contribution in [2.75, 3.05) is 45.3 Å². The number of methoxy groups -OCH3 is 1. The molecule has 0 atom stereocenters. The Hall–Kier alpha value is -2.12. The average Bonchev–Trinajstić information content (AvgIpc) is 2.66. The number of nitrogens with zero attached hydrogens (tertiary/aromatic N) is 1. The van der Waals surface area contributed by atoms with Crippen LogP contribution in [0.3, 0.4) is 0 Å². The molecule has 1 aromatic carbocycles. The molecule has 7 heteroatoms. The lowest BCUT2D eigenvalue weighted by molar-refractivity contribution is -0.116. The molecule has 0 spiro atoms. The van der Waals surface area contributed by atoms with Crippen LogP contribution < -0.4 is 16.0 Å². The number of hydrogen-bond acceptors (Lipinski definition) is 4. The highest BCUT2D eigenvalue weighted by Crippen LogP contribution is 2.11. The molecule has 1 amide bonds. The SMILES string of the molecule is CCCC(=O)Nc1ccc(CN=C(NCC)NCCCOCCOC)cc1. The van der Waals surface area contributed by atoms with Gasteiger partial charge >= 0.3 is 0 Å². The van der Waals surface area contributed by atoms with Gasteiger partial charge in [-0.3, -0.25) is 4.79 Å². The Bertz CT molecular complexity index is 547. The number of aliphatic imine (C=N–C) groups is 1. The number of benzene rings is 1. The molecule has 7 nitrogen and oxygen atoms in total. The number of nitrogens with one attached hydrogen (secondary N) is 3. The summed E-state index contributed by atoms with van der Waals surface area (Å²) in [5.74, 6) is 0.836. The Morgan fingerprint density at radius 3 is 2.52 bits per heavy atom. The van der Waals surface area contributed by atoms with Gasteiger partial charge in [-0.1, -0.05) is 19.1 Å². The molecule has 152 valence electrons. The van der Waals surface area contributed by atoms with Crippen LogP contribution in [-0.4, -0.2) is 51.9 Å². The maximum atomic E-state index is 11.6. The molecular formula is C20H34N4O3. The Balaban J connectivity index is 2.39. The van der Waals surface area contributed by atoms with Gasteiger partial charge in [-0.15, -0.1) is 0 Å². The second-order valence-corrected chi connectivity index (χ2v) is 6.08. The van der Waals surface area contributed by atoms with E-state index in [2.05, 4.69) is 20.9 Å². The molecule has 0 heterocycles. The Morgan fingerprint density at radius 1 is 1.07 bits per heavy atom. The van der Waals surface area contributed by atoms with E-state index in [0.29, 0.717) is 32.8 Å². The molecular weight excluding hydrogens is 344 g/mol. The first-order chi connectivity index (χ1) is 13.2. The summed E-state index contributed by atoms with van der Waals surface area (Å²) in [6.45, 7) is 8.14. The van der Waals surface area contributed by atoms with E-state index in [0.717, 1.165) is 43.1 Å². The van der Waals surface area contributed by atoms with E-state index >= 15 is 0 Å². The molecule has 0 saturated carbocycles. The average molecular weight is 379 g/mol. The van der Waals surface area contributed by atoms with Gasteiger partial charge in [0.05, 0.1) is 19.8 Å². The van der Waals surface area contributed by atoms with Crippen molar-refractivity contribution in [2.24, 2.45) is 4.99 Å². The summed E-state index contributed by atoms with van der Waals surface area (Å²) in [5.41, 5.74) is 1.91. The predicted molar refractivity (Wildman–Crippen MR) is 110 cm³/mol. The van der Waals surface area contributed by atoms with Crippen LogP contribution in [0.4, 0.5) is 5.69 Å². The minimum Gasteiger partial charge on any atom is -0.382 e. The summed E-state index contributed by atoms with van der Waals surface area (Å²) < 4.78 is 10.4. The highest BCUT2D eigenvalue weighted by atomic mass is 16.5. The maximum absolute atomic E-state index is 11.6. The molecule has 0 aliphatic rings. The summed E-state index contributed by atoms with van der Waals surface area (Å²) in [7, 11) is 1.67. The number of guanidine groups is 1. The zero-order valence-electron chi connectivity index (χ0n) is 16.8. The number of carbonyl (C=O) groups is 1. The van der Waals surface area contributed by atoms with Gasteiger partial charge in [0, 0.05) is 38.9 Å². The third kappa shape index (κ3) is 11.2. The first-order valence-electron chi connectivity index (χ1n) is 9.67. The number of ether oxygens (including phenoxy) is 2. The van der Waals surface area contributed by atoms with Gasteiger partial charge in [0.1, 0.15) is 0 Å². The minimum absolute atomic E-state index is 0.0492. The van der Waals surface area contributed by atoms with Gasteiger partial charge in [-0.25, -0.2) is 4.99 Å². The summed E-state index contributed by atoms with van der Waals surface area (Å²) in [6, 6.07) is 7.79. The van der Waals surface area contributed by atoms with Crippen LogP contribution >= 0.6 is 0 Å². The predicted octanol–water partition coefficient (Wildman–Crippen LogP) is 2.53. The standard InChI is InChI=1S/C20H34N4O3/c1-4-7-19(25)24-18-10-8-17(9-11-18)16-23-20(21-5-2)22-12-6-13-27-15-14-26-3/h8-11H,4-7,12-16H2,1-3H3,(H,24,25)(H2,21,22,23). The van der Waals surface area contributed by atoms with Crippen molar-refractivity contribution in [2.45, 2.75) is 39.7 Å². The smallest absolute Gasteiger partial charge is 0.224 e. The fourth-order valence-electron chi connectivity index (χ4n) is 2.28. The summed E-state index contributed by atoms with van der Waals surface area (Å²) in [6.07, 6.45) is 2.29.